The molecule has 0 bridgehead atoms. The summed E-state index contributed by atoms with van der Waals surface area (Å²) in [5.74, 6) is 0.505. The summed E-state index contributed by atoms with van der Waals surface area (Å²) < 4.78 is 18.3. The van der Waals surface area contributed by atoms with Crippen molar-refractivity contribution in [3.05, 3.63) is 58.4 Å². The van der Waals surface area contributed by atoms with Gasteiger partial charge in [-0.25, -0.2) is 4.39 Å². The number of methoxy groups -OCH3 is 1. The van der Waals surface area contributed by atoms with E-state index >= 15 is 0 Å². The molecular weight excluding hydrogens is 289 g/mol. The molecule has 0 aliphatic heterocycles. The van der Waals surface area contributed by atoms with Crippen LogP contribution in [0.1, 0.15) is 18.1 Å². The van der Waals surface area contributed by atoms with E-state index in [4.69, 9.17) is 16.3 Å². The zero-order chi connectivity index (χ0) is 15.4. The maximum atomic E-state index is 12.9. The quantitative estimate of drug-likeness (QED) is 0.853. The Bertz CT molecular complexity index is 613. The molecule has 1 unspecified atom stereocenters. The van der Waals surface area contributed by atoms with E-state index in [0.29, 0.717) is 5.02 Å². The number of hydrogen-bond acceptors (Lipinski definition) is 2. The third-order valence-electron chi connectivity index (χ3n) is 3.34. The van der Waals surface area contributed by atoms with Crippen molar-refractivity contribution < 1.29 is 9.13 Å². The van der Waals surface area contributed by atoms with Gasteiger partial charge in [0.05, 0.1) is 12.8 Å². The molecule has 0 aromatic heterocycles. The van der Waals surface area contributed by atoms with Gasteiger partial charge in [-0.15, -0.1) is 0 Å². The monoisotopic (exact) mass is 307 g/mol. The Labute approximate surface area is 129 Å². The van der Waals surface area contributed by atoms with Gasteiger partial charge in [-0.2, -0.15) is 0 Å². The number of anilines is 1. The normalized spacial score (nSPS) is 12.0. The first kappa shape index (κ1) is 15.6. The zero-order valence-electron chi connectivity index (χ0n) is 12.4. The molecule has 2 nitrogen and oxygen atoms in total. The highest BCUT2D eigenvalue weighted by molar-refractivity contribution is 6.31. The number of ether oxygens (including phenoxy) is 1. The predicted octanol–water partition coefficient (Wildman–Crippen LogP) is 4.84. The summed E-state index contributed by atoms with van der Waals surface area (Å²) in [7, 11) is 1.62. The van der Waals surface area contributed by atoms with Crippen molar-refractivity contribution >= 4 is 17.3 Å². The van der Waals surface area contributed by atoms with Gasteiger partial charge in [0.1, 0.15) is 11.6 Å². The molecule has 112 valence electrons. The lowest BCUT2D eigenvalue weighted by Gasteiger charge is -2.18. The number of rotatable bonds is 5. The molecule has 0 saturated carbocycles. The molecule has 0 aliphatic carbocycles. The number of aryl methyl sites for hydroxylation is 1. The molecule has 0 spiro atoms. The molecule has 0 heterocycles. The van der Waals surface area contributed by atoms with Crippen LogP contribution in [-0.2, 0) is 6.42 Å². The summed E-state index contributed by atoms with van der Waals surface area (Å²) in [6.45, 7) is 4.03. The predicted molar refractivity (Wildman–Crippen MR) is 85.9 cm³/mol. The van der Waals surface area contributed by atoms with Crippen molar-refractivity contribution in [2.75, 3.05) is 12.4 Å². The first-order valence-corrected chi connectivity index (χ1v) is 7.22. The fraction of sp³-hybridized carbons (Fsp3) is 0.294. The van der Waals surface area contributed by atoms with Crippen LogP contribution in [0, 0.1) is 12.7 Å². The Hall–Kier alpha value is -1.74. The molecular formula is C17H19ClFNO. The second-order valence-corrected chi connectivity index (χ2v) is 5.58. The second kappa shape index (κ2) is 6.81. The highest BCUT2D eigenvalue weighted by Gasteiger charge is 2.10. The van der Waals surface area contributed by atoms with Crippen LogP contribution in [-0.4, -0.2) is 13.2 Å². The SMILES string of the molecule is COc1cc(Cl)c(C)cc1NC(C)Cc1ccc(F)cc1. The van der Waals surface area contributed by atoms with Crippen molar-refractivity contribution in [3.63, 3.8) is 0 Å². The molecule has 2 aromatic carbocycles. The molecule has 0 aliphatic rings. The summed E-state index contributed by atoms with van der Waals surface area (Å²) in [5, 5.41) is 4.10. The number of nitrogens with one attached hydrogen (secondary N) is 1. The van der Waals surface area contributed by atoms with Crippen LogP contribution in [0.5, 0.6) is 5.75 Å². The summed E-state index contributed by atoms with van der Waals surface area (Å²) >= 11 is 6.10. The van der Waals surface area contributed by atoms with E-state index in [0.717, 1.165) is 29.0 Å². The minimum atomic E-state index is -0.214. The number of halogens is 2. The average Bonchev–Trinajstić information content (AvgIpc) is 2.45. The largest absolute Gasteiger partial charge is 0.495 e. The van der Waals surface area contributed by atoms with Crippen LogP contribution in [0.3, 0.4) is 0 Å². The van der Waals surface area contributed by atoms with E-state index in [-0.39, 0.29) is 11.9 Å². The third kappa shape index (κ3) is 4.11. The lowest BCUT2D eigenvalue weighted by atomic mass is 10.1. The smallest absolute Gasteiger partial charge is 0.143 e. The molecule has 0 fully saturated rings. The maximum absolute atomic E-state index is 12.9. The first-order valence-electron chi connectivity index (χ1n) is 6.84. The Kier molecular flexibility index (Phi) is 5.07. The Morgan fingerprint density at radius 2 is 1.90 bits per heavy atom. The van der Waals surface area contributed by atoms with Gasteiger partial charge in [0.25, 0.3) is 0 Å². The molecule has 2 rings (SSSR count). The standard InChI is InChI=1S/C17H19ClFNO/c1-11-8-16(17(21-3)10-15(11)18)20-12(2)9-13-4-6-14(19)7-5-13/h4-8,10,12,20H,9H2,1-3H3. The van der Waals surface area contributed by atoms with Gasteiger partial charge in [-0.1, -0.05) is 23.7 Å². The van der Waals surface area contributed by atoms with Gasteiger partial charge >= 0.3 is 0 Å². The van der Waals surface area contributed by atoms with Crippen molar-refractivity contribution in [3.8, 4) is 5.75 Å². The Morgan fingerprint density at radius 1 is 1.24 bits per heavy atom. The minimum absolute atomic E-state index is 0.185. The number of benzene rings is 2. The van der Waals surface area contributed by atoms with E-state index in [1.54, 1.807) is 19.2 Å². The first-order chi connectivity index (χ1) is 9.99. The molecule has 0 radical (unpaired) electrons. The van der Waals surface area contributed by atoms with Gasteiger partial charge in [-0.3, -0.25) is 0 Å². The van der Waals surface area contributed by atoms with Gasteiger partial charge in [0, 0.05) is 17.1 Å². The van der Waals surface area contributed by atoms with Gasteiger partial charge in [0.2, 0.25) is 0 Å². The van der Waals surface area contributed by atoms with Crippen LogP contribution in [0.4, 0.5) is 10.1 Å². The molecule has 4 heteroatoms. The number of hydrogen-bond donors (Lipinski definition) is 1. The van der Waals surface area contributed by atoms with Crippen molar-refractivity contribution in [2.45, 2.75) is 26.3 Å². The van der Waals surface area contributed by atoms with E-state index in [1.807, 2.05) is 19.1 Å². The van der Waals surface area contributed by atoms with Crippen LogP contribution in [0.2, 0.25) is 5.02 Å². The van der Waals surface area contributed by atoms with Crippen LogP contribution < -0.4 is 10.1 Å². The maximum Gasteiger partial charge on any atom is 0.143 e. The zero-order valence-corrected chi connectivity index (χ0v) is 13.2. The van der Waals surface area contributed by atoms with Gasteiger partial charge in [-0.05, 0) is 49.6 Å². The topological polar surface area (TPSA) is 21.3 Å². The van der Waals surface area contributed by atoms with Crippen LogP contribution in [0.15, 0.2) is 36.4 Å². The molecule has 2 aromatic rings. The van der Waals surface area contributed by atoms with Crippen LogP contribution in [0.25, 0.3) is 0 Å². The Morgan fingerprint density at radius 3 is 2.52 bits per heavy atom. The van der Waals surface area contributed by atoms with Crippen molar-refractivity contribution in [1.29, 1.82) is 0 Å². The van der Waals surface area contributed by atoms with Crippen molar-refractivity contribution in [1.82, 2.24) is 0 Å². The average molecular weight is 308 g/mol. The van der Waals surface area contributed by atoms with E-state index in [2.05, 4.69) is 12.2 Å². The fourth-order valence-corrected chi connectivity index (χ4v) is 2.39. The van der Waals surface area contributed by atoms with Gasteiger partial charge in [0.15, 0.2) is 0 Å². The third-order valence-corrected chi connectivity index (χ3v) is 3.74. The molecule has 1 atom stereocenters. The lowest BCUT2D eigenvalue weighted by molar-refractivity contribution is 0.416. The summed E-state index contributed by atoms with van der Waals surface area (Å²) in [6, 6.07) is 10.5. The van der Waals surface area contributed by atoms with Crippen LogP contribution >= 0.6 is 11.6 Å². The summed E-state index contributed by atoms with van der Waals surface area (Å²) in [5.41, 5.74) is 2.99. The Balaban J connectivity index is 2.10. The second-order valence-electron chi connectivity index (χ2n) is 5.18. The van der Waals surface area contributed by atoms with E-state index < -0.39 is 0 Å². The molecule has 0 amide bonds. The van der Waals surface area contributed by atoms with Crippen molar-refractivity contribution in [2.24, 2.45) is 0 Å². The van der Waals surface area contributed by atoms with E-state index in [9.17, 15) is 4.39 Å². The molecule has 21 heavy (non-hydrogen) atoms. The van der Waals surface area contributed by atoms with E-state index in [1.165, 1.54) is 12.1 Å². The molecule has 0 saturated heterocycles. The summed E-state index contributed by atoms with van der Waals surface area (Å²) in [4.78, 5) is 0. The highest BCUT2D eigenvalue weighted by atomic mass is 35.5. The molecule has 1 N–H and O–H groups in total. The summed E-state index contributed by atoms with van der Waals surface area (Å²) in [6.07, 6.45) is 0.797. The minimum Gasteiger partial charge on any atom is -0.495 e. The van der Waals surface area contributed by atoms with Gasteiger partial charge < -0.3 is 10.1 Å². The highest BCUT2D eigenvalue weighted by Crippen LogP contribution is 2.31. The fourth-order valence-electron chi connectivity index (χ4n) is 2.24. The lowest BCUT2D eigenvalue weighted by Crippen LogP contribution is -2.18.